The van der Waals surface area contributed by atoms with E-state index in [0.29, 0.717) is 0 Å². The molecule has 0 radical (unpaired) electrons. The number of piperidine rings is 1. The number of amides is 5. The first kappa shape index (κ1) is 18.4. The maximum absolute atomic E-state index is 13.7. The zero-order valence-corrected chi connectivity index (χ0v) is 14.8. The SMILES string of the molecule is O=C1CCC(N2C(=O)c3ccc(NC(=O)c4ncccc4F)cc3C2=O)C(=O)N1. The Balaban J connectivity index is 1.59. The largest absolute Gasteiger partial charge is 0.321 e. The van der Waals surface area contributed by atoms with Crippen molar-refractivity contribution in [3.63, 3.8) is 0 Å². The lowest BCUT2D eigenvalue weighted by atomic mass is 10.0. The van der Waals surface area contributed by atoms with Crippen molar-refractivity contribution in [2.45, 2.75) is 18.9 Å². The van der Waals surface area contributed by atoms with Crippen LogP contribution in [0.4, 0.5) is 10.1 Å². The number of hydrogen-bond acceptors (Lipinski definition) is 6. The summed E-state index contributed by atoms with van der Waals surface area (Å²) in [5, 5.41) is 4.54. The molecule has 4 rings (SSSR count). The molecule has 9 nitrogen and oxygen atoms in total. The van der Waals surface area contributed by atoms with Gasteiger partial charge in [0, 0.05) is 18.3 Å². The van der Waals surface area contributed by atoms with E-state index in [1.807, 2.05) is 0 Å². The molecule has 1 saturated heterocycles. The number of nitrogens with zero attached hydrogens (tertiary/aromatic N) is 2. The summed E-state index contributed by atoms with van der Waals surface area (Å²) in [4.78, 5) is 65.4. The summed E-state index contributed by atoms with van der Waals surface area (Å²) >= 11 is 0. The number of anilines is 1. The van der Waals surface area contributed by atoms with Crippen molar-refractivity contribution in [3.8, 4) is 0 Å². The van der Waals surface area contributed by atoms with Gasteiger partial charge in [-0.05, 0) is 36.8 Å². The van der Waals surface area contributed by atoms with Crippen LogP contribution in [-0.2, 0) is 9.59 Å². The highest BCUT2D eigenvalue weighted by Gasteiger charge is 2.44. The van der Waals surface area contributed by atoms with Crippen LogP contribution in [0.15, 0.2) is 36.5 Å². The number of imide groups is 2. The third-order valence-corrected chi connectivity index (χ3v) is 4.67. The third-order valence-electron chi connectivity index (χ3n) is 4.67. The second kappa shape index (κ2) is 6.89. The predicted octanol–water partition coefficient (Wildman–Crippen LogP) is 0.874. The summed E-state index contributed by atoms with van der Waals surface area (Å²) in [6.07, 6.45) is 1.32. The fourth-order valence-electron chi connectivity index (χ4n) is 3.29. The van der Waals surface area contributed by atoms with E-state index in [4.69, 9.17) is 0 Å². The number of benzene rings is 1. The summed E-state index contributed by atoms with van der Waals surface area (Å²) in [6, 6.07) is 5.35. The van der Waals surface area contributed by atoms with Crippen LogP contribution in [0.1, 0.15) is 44.0 Å². The molecule has 0 aliphatic carbocycles. The number of hydrogen-bond donors (Lipinski definition) is 2. The summed E-state index contributed by atoms with van der Waals surface area (Å²) in [6.45, 7) is 0. The van der Waals surface area contributed by atoms with Gasteiger partial charge in [0.2, 0.25) is 11.8 Å². The Bertz CT molecular complexity index is 1100. The second-order valence-corrected chi connectivity index (χ2v) is 6.50. The lowest BCUT2D eigenvalue weighted by Crippen LogP contribution is -2.54. The number of nitrogens with one attached hydrogen (secondary N) is 2. The standard InChI is InChI=1S/C19H13FN4O5/c20-12-2-1-7-21-15(12)17(27)22-9-3-4-10-11(8-9)19(29)24(18(10)28)13-5-6-14(25)23-16(13)26/h1-4,7-8,13H,5-6H2,(H,22,27)(H,23,25,26). The van der Waals surface area contributed by atoms with Gasteiger partial charge in [-0.3, -0.25) is 34.2 Å². The number of rotatable bonds is 3. The third kappa shape index (κ3) is 3.14. The molecule has 1 unspecified atom stereocenters. The van der Waals surface area contributed by atoms with E-state index in [2.05, 4.69) is 15.6 Å². The minimum Gasteiger partial charge on any atom is -0.321 e. The molecule has 10 heteroatoms. The molecule has 1 atom stereocenters. The van der Waals surface area contributed by atoms with Gasteiger partial charge in [0.15, 0.2) is 11.5 Å². The van der Waals surface area contributed by atoms with Gasteiger partial charge in [0.25, 0.3) is 17.7 Å². The molecule has 0 spiro atoms. The smallest absolute Gasteiger partial charge is 0.277 e. The minimum atomic E-state index is -1.08. The van der Waals surface area contributed by atoms with Crippen LogP contribution in [0.2, 0.25) is 0 Å². The normalized spacial score (nSPS) is 18.5. The summed E-state index contributed by atoms with van der Waals surface area (Å²) in [5.74, 6) is -4.17. The molecule has 1 fully saturated rings. The Kier molecular flexibility index (Phi) is 4.38. The molecule has 1 aromatic carbocycles. The highest BCUT2D eigenvalue weighted by molar-refractivity contribution is 6.24. The molecule has 5 amide bonds. The Morgan fingerprint density at radius 1 is 1.14 bits per heavy atom. The first-order valence-electron chi connectivity index (χ1n) is 8.64. The van der Waals surface area contributed by atoms with Gasteiger partial charge < -0.3 is 5.32 Å². The average molecular weight is 396 g/mol. The number of pyridine rings is 1. The van der Waals surface area contributed by atoms with Gasteiger partial charge in [0.05, 0.1) is 11.1 Å². The quantitative estimate of drug-likeness (QED) is 0.742. The first-order chi connectivity index (χ1) is 13.9. The number of fused-ring (bicyclic) bond motifs is 1. The highest BCUT2D eigenvalue weighted by atomic mass is 19.1. The fraction of sp³-hybridized carbons (Fsp3) is 0.158. The fourth-order valence-corrected chi connectivity index (χ4v) is 3.29. The van der Waals surface area contributed by atoms with E-state index in [1.54, 1.807) is 0 Å². The van der Waals surface area contributed by atoms with Crippen molar-refractivity contribution in [1.82, 2.24) is 15.2 Å². The van der Waals surface area contributed by atoms with Crippen LogP contribution in [0.5, 0.6) is 0 Å². The van der Waals surface area contributed by atoms with Crippen molar-refractivity contribution < 1.29 is 28.4 Å². The molecule has 29 heavy (non-hydrogen) atoms. The van der Waals surface area contributed by atoms with Gasteiger partial charge in [-0.25, -0.2) is 9.37 Å². The number of carbonyl (C=O) groups excluding carboxylic acids is 5. The number of carbonyl (C=O) groups is 5. The molecule has 0 saturated carbocycles. The summed E-state index contributed by atoms with van der Waals surface area (Å²) < 4.78 is 13.7. The topological polar surface area (TPSA) is 126 Å². The van der Waals surface area contributed by atoms with E-state index >= 15 is 0 Å². The molecular weight excluding hydrogens is 383 g/mol. The lowest BCUT2D eigenvalue weighted by molar-refractivity contribution is -0.136. The molecule has 3 heterocycles. The van der Waals surface area contributed by atoms with Crippen molar-refractivity contribution >= 4 is 35.2 Å². The second-order valence-electron chi connectivity index (χ2n) is 6.50. The van der Waals surface area contributed by atoms with Crippen LogP contribution in [-0.4, -0.2) is 45.5 Å². The van der Waals surface area contributed by atoms with Crippen LogP contribution < -0.4 is 10.6 Å². The number of halogens is 1. The maximum atomic E-state index is 13.7. The molecule has 2 aromatic rings. The molecule has 146 valence electrons. The Morgan fingerprint density at radius 3 is 2.62 bits per heavy atom. The van der Waals surface area contributed by atoms with Gasteiger partial charge in [-0.15, -0.1) is 0 Å². The van der Waals surface area contributed by atoms with Crippen LogP contribution >= 0.6 is 0 Å². The van der Waals surface area contributed by atoms with Crippen LogP contribution in [0.25, 0.3) is 0 Å². The minimum absolute atomic E-state index is 0.000933. The van der Waals surface area contributed by atoms with Crippen molar-refractivity contribution in [2.24, 2.45) is 0 Å². The van der Waals surface area contributed by atoms with Crippen molar-refractivity contribution in [3.05, 3.63) is 59.2 Å². The van der Waals surface area contributed by atoms with Crippen LogP contribution in [0.3, 0.4) is 0 Å². The van der Waals surface area contributed by atoms with E-state index in [-0.39, 0.29) is 29.7 Å². The van der Waals surface area contributed by atoms with Crippen molar-refractivity contribution in [1.29, 1.82) is 0 Å². The van der Waals surface area contributed by atoms with Gasteiger partial charge in [-0.2, -0.15) is 0 Å². The Labute approximate surface area is 162 Å². The molecule has 2 aliphatic rings. The highest BCUT2D eigenvalue weighted by Crippen LogP contribution is 2.29. The van der Waals surface area contributed by atoms with E-state index in [9.17, 15) is 28.4 Å². The molecule has 0 bridgehead atoms. The predicted molar refractivity (Wildman–Crippen MR) is 95.3 cm³/mol. The Morgan fingerprint density at radius 2 is 1.90 bits per heavy atom. The van der Waals surface area contributed by atoms with E-state index in [1.165, 1.54) is 30.5 Å². The molecular formula is C19H13FN4O5. The zero-order chi connectivity index (χ0) is 20.7. The first-order valence-corrected chi connectivity index (χ1v) is 8.64. The van der Waals surface area contributed by atoms with Gasteiger partial charge in [0.1, 0.15) is 6.04 Å². The number of aromatic nitrogens is 1. The summed E-state index contributed by atoms with van der Waals surface area (Å²) in [7, 11) is 0. The van der Waals surface area contributed by atoms with E-state index in [0.717, 1.165) is 11.0 Å². The van der Waals surface area contributed by atoms with Gasteiger partial charge in [-0.1, -0.05) is 0 Å². The van der Waals surface area contributed by atoms with Crippen LogP contribution in [0, 0.1) is 5.82 Å². The lowest BCUT2D eigenvalue weighted by Gasteiger charge is -2.27. The summed E-state index contributed by atoms with van der Waals surface area (Å²) in [5.41, 5.74) is -0.189. The van der Waals surface area contributed by atoms with Gasteiger partial charge >= 0.3 is 0 Å². The zero-order valence-electron chi connectivity index (χ0n) is 14.8. The Hall–Kier alpha value is -3.95. The monoisotopic (exact) mass is 396 g/mol. The molecule has 1 aromatic heterocycles. The molecule has 2 N–H and O–H groups in total. The van der Waals surface area contributed by atoms with E-state index < -0.39 is 47.1 Å². The van der Waals surface area contributed by atoms with Crippen molar-refractivity contribution in [2.75, 3.05) is 5.32 Å². The average Bonchev–Trinajstić information content (AvgIpc) is 2.93. The molecule has 2 aliphatic heterocycles. The maximum Gasteiger partial charge on any atom is 0.277 e.